The first kappa shape index (κ1) is 31.7. The zero-order valence-electron chi connectivity index (χ0n) is 29.7. The fourth-order valence-electron chi connectivity index (χ4n) is 7.79. The van der Waals surface area contributed by atoms with Crippen molar-refractivity contribution in [1.82, 2.24) is 4.98 Å². The Morgan fingerprint density at radius 1 is 0.481 bits per heavy atom. The van der Waals surface area contributed by atoms with Crippen LogP contribution in [-0.4, -0.2) is 4.98 Å². The summed E-state index contributed by atoms with van der Waals surface area (Å²) in [7, 11) is 0. The average Bonchev–Trinajstić information content (AvgIpc) is 3.70. The zero-order valence-corrected chi connectivity index (χ0v) is 29.7. The van der Waals surface area contributed by atoms with E-state index in [4.69, 9.17) is 9.40 Å². The van der Waals surface area contributed by atoms with E-state index in [1.807, 2.05) is 0 Å². The van der Waals surface area contributed by atoms with Crippen LogP contribution >= 0.6 is 0 Å². The molecule has 3 nitrogen and oxygen atoms in total. The van der Waals surface area contributed by atoms with Crippen molar-refractivity contribution < 1.29 is 4.42 Å². The Hall–Kier alpha value is -6.97. The minimum absolute atomic E-state index is 0.719. The lowest BCUT2D eigenvalue weighted by molar-refractivity contribution is 0.580. The molecule has 0 fully saturated rings. The highest BCUT2D eigenvalue weighted by molar-refractivity contribution is 6.11. The first-order chi connectivity index (χ1) is 26.7. The predicted molar refractivity (Wildman–Crippen MR) is 226 cm³/mol. The van der Waals surface area contributed by atoms with Crippen LogP contribution in [0.25, 0.3) is 71.6 Å². The van der Waals surface area contributed by atoms with Gasteiger partial charge in [0.1, 0.15) is 5.52 Å². The van der Waals surface area contributed by atoms with Gasteiger partial charge in [0.25, 0.3) is 0 Å². The summed E-state index contributed by atoms with van der Waals surface area (Å²) in [6.45, 7) is 0. The quantitative estimate of drug-likeness (QED) is 0.166. The first-order valence-electron chi connectivity index (χ1n) is 18.6. The standard InChI is InChI=1S/C51H36N2O/c1-4-13-35(14-5-1)37-25-28-43(29-26-37)53(44-20-12-19-39(32-44)36-15-6-2-7-16-36)45-30-27-40-31-42(24-23-41(40)33-45)48-34-49-50(47-22-11-10-21-46(47)48)52-51(54-49)38-17-8-3-9-18-38/h1-8,10-17,19-34H,9,18H2. The summed E-state index contributed by atoms with van der Waals surface area (Å²) in [6, 6.07) is 63.1. The lowest BCUT2D eigenvalue weighted by Gasteiger charge is -2.26. The number of oxazole rings is 1. The highest BCUT2D eigenvalue weighted by Crippen LogP contribution is 2.41. The van der Waals surface area contributed by atoms with Crippen LogP contribution in [0.3, 0.4) is 0 Å². The maximum absolute atomic E-state index is 6.44. The number of allylic oxidation sites excluding steroid dienone is 4. The molecule has 0 radical (unpaired) electrons. The maximum atomic E-state index is 6.44. The summed E-state index contributed by atoms with van der Waals surface area (Å²) in [5.74, 6) is 0.719. The second-order valence-corrected chi connectivity index (χ2v) is 13.9. The third-order valence-electron chi connectivity index (χ3n) is 10.5. The first-order valence-corrected chi connectivity index (χ1v) is 18.6. The van der Waals surface area contributed by atoms with Gasteiger partial charge in [-0.05, 0) is 111 Å². The molecule has 0 spiro atoms. The second-order valence-electron chi connectivity index (χ2n) is 13.9. The van der Waals surface area contributed by atoms with Crippen LogP contribution in [0.1, 0.15) is 18.7 Å². The van der Waals surface area contributed by atoms with Crippen LogP contribution in [0.2, 0.25) is 0 Å². The number of hydrogen-bond acceptors (Lipinski definition) is 3. The number of anilines is 3. The van der Waals surface area contributed by atoms with E-state index in [-0.39, 0.29) is 0 Å². The van der Waals surface area contributed by atoms with E-state index < -0.39 is 0 Å². The summed E-state index contributed by atoms with van der Waals surface area (Å²) in [4.78, 5) is 7.35. The highest BCUT2D eigenvalue weighted by Gasteiger charge is 2.18. The second kappa shape index (κ2) is 13.5. The molecule has 1 aliphatic carbocycles. The molecule has 0 saturated heterocycles. The van der Waals surface area contributed by atoms with Gasteiger partial charge in [-0.3, -0.25) is 0 Å². The average molecular weight is 693 g/mol. The fourth-order valence-corrected chi connectivity index (χ4v) is 7.79. The Balaban J connectivity index is 1.07. The van der Waals surface area contributed by atoms with Crippen LogP contribution in [0, 0.1) is 0 Å². The van der Waals surface area contributed by atoms with Crippen LogP contribution in [-0.2, 0) is 0 Å². The van der Waals surface area contributed by atoms with Gasteiger partial charge in [-0.1, -0.05) is 146 Å². The lowest BCUT2D eigenvalue weighted by atomic mass is 9.95. The van der Waals surface area contributed by atoms with Gasteiger partial charge in [-0.25, -0.2) is 4.98 Å². The van der Waals surface area contributed by atoms with Crippen molar-refractivity contribution >= 4 is 55.3 Å². The largest absolute Gasteiger partial charge is 0.436 e. The fraction of sp³-hybridized carbons (Fsp3) is 0.0392. The predicted octanol–water partition coefficient (Wildman–Crippen LogP) is 14.3. The summed E-state index contributed by atoms with van der Waals surface area (Å²) in [5.41, 5.74) is 13.2. The van der Waals surface area contributed by atoms with E-state index in [0.29, 0.717) is 0 Å². The Bertz CT molecular complexity index is 2870. The molecule has 0 saturated carbocycles. The van der Waals surface area contributed by atoms with Crippen molar-refractivity contribution in [3.05, 3.63) is 200 Å². The van der Waals surface area contributed by atoms with Gasteiger partial charge in [0.15, 0.2) is 5.58 Å². The number of fused-ring (bicyclic) bond motifs is 4. The Morgan fingerprint density at radius 2 is 1.11 bits per heavy atom. The molecule has 0 aliphatic heterocycles. The van der Waals surface area contributed by atoms with Crippen molar-refractivity contribution in [2.75, 3.05) is 4.90 Å². The van der Waals surface area contributed by atoms with Gasteiger partial charge in [0.2, 0.25) is 5.89 Å². The number of benzene rings is 8. The molecule has 3 heteroatoms. The van der Waals surface area contributed by atoms with Crippen LogP contribution < -0.4 is 4.90 Å². The molecule has 9 aromatic rings. The van der Waals surface area contributed by atoms with E-state index in [1.54, 1.807) is 0 Å². The van der Waals surface area contributed by atoms with E-state index in [9.17, 15) is 0 Å². The van der Waals surface area contributed by atoms with E-state index >= 15 is 0 Å². The molecular formula is C51H36N2O. The molecule has 1 aromatic heterocycles. The summed E-state index contributed by atoms with van der Waals surface area (Å²) in [6.07, 6.45) is 8.35. The molecule has 256 valence electrons. The number of nitrogens with zero attached hydrogens (tertiary/aromatic N) is 2. The van der Waals surface area contributed by atoms with Gasteiger partial charge in [0, 0.05) is 28.0 Å². The van der Waals surface area contributed by atoms with Crippen molar-refractivity contribution in [1.29, 1.82) is 0 Å². The summed E-state index contributed by atoms with van der Waals surface area (Å²) >= 11 is 0. The molecule has 1 heterocycles. The third-order valence-corrected chi connectivity index (χ3v) is 10.5. The van der Waals surface area contributed by atoms with Gasteiger partial charge < -0.3 is 9.32 Å². The normalized spacial score (nSPS) is 12.7. The molecular weight excluding hydrogens is 657 g/mol. The van der Waals surface area contributed by atoms with E-state index in [2.05, 4.69) is 199 Å². The van der Waals surface area contributed by atoms with E-state index in [1.165, 1.54) is 38.4 Å². The van der Waals surface area contributed by atoms with Crippen molar-refractivity contribution in [3.8, 4) is 33.4 Å². The minimum atomic E-state index is 0.719. The minimum Gasteiger partial charge on any atom is -0.436 e. The SMILES string of the molecule is C1=CCCC(c2nc3c(cc(-c4ccc5cc(N(c6ccc(-c7ccccc7)cc6)c6cccc(-c7ccccc7)c6)ccc5c4)c4ccccc43)o2)=C1. The van der Waals surface area contributed by atoms with Gasteiger partial charge in [0.05, 0.1) is 0 Å². The molecule has 10 rings (SSSR count). The highest BCUT2D eigenvalue weighted by atomic mass is 16.3. The molecule has 0 unspecified atom stereocenters. The van der Waals surface area contributed by atoms with Crippen molar-refractivity contribution in [3.63, 3.8) is 0 Å². The summed E-state index contributed by atoms with van der Waals surface area (Å²) < 4.78 is 6.44. The maximum Gasteiger partial charge on any atom is 0.223 e. The Morgan fingerprint density at radius 3 is 1.89 bits per heavy atom. The van der Waals surface area contributed by atoms with Crippen LogP contribution in [0.15, 0.2) is 199 Å². The molecule has 1 aliphatic rings. The van der Waals surface area contributed by atoms with Crippen molar-refractivity contribution in [2.45, 2.75) is 12.8 Å². The van der Waals surface area contributed by atoms with Gasteiger partial charge in [-0.2, -0.15) is 0 Å². The Labute approximate surface area is 314 Å². The zero-order chi connectivity index (χ0) is 35.8. The van der Waals surface area contributed by atoms with Gasteiger partial charge >= 0.3 is 0 Å². The number of rotatable bonds is 7. The molecule has 8 aromatic carbocycles. The Kier molecular flexibility index (Phi) is 7.96. The van der Waals surface area contributed by atoms with Crippen LogP contribution in [0.4, 0.5) is 17.1 Å². The molecule has 0 amide bonds. The lowest BCUT2D eigenvalue weighted by Crippen LogP contribution is -2.10. The molecule has 0 bridgehead atoms. The van der Waals surface area contributed by atoms with Crippen LogP contribution in [0.5, 0.6) is 0 Å². The molecule has 0 N–H and O–H groups in total. The molecule has 54 heavy (non-hydrogen) atoms. The van der Waals surface area contributed by atoms with E-state index in [0.717, 1.165) is 69.0 Å². The third kappa shape index (κ3) is 5.86. The summed E-state index contributed by atoms with van der Waals surface area (Å²) in [5, 5.41) is 4.62. The molecule has 0 atom stereocenters. The smallest absolute Gasteiger partial charge is 0.223 e. The number of aromatic nitrogens is 1. The van der Waals surface area contributed by atoms with Gasteiger partial charge in [-0.15, -0.1) is 0 Å². The van der Waals surface area contributed by atoms with Crippen molar-refractivity contribution in [2.24, 2.45) is 0 Å². The number of hydrogen-bond donors (Lipinski definition) is 0. The monoisotopic (exact) mass is 692 g/mol. The topological polar surface area (TPSA) is 29.3 Å².